The van der Waals surface area contributed by atoms with E-state index >= 15 is 0 Å². The highest BCUT2D eigenvalue weighted by Crippen LogP contribution is 2.23. The summed E-state index contributed by atoms with van der Waals surface area (Å²) in [6.45, 7) is 9.49. The zero-order valence-corrected chi connectivity index (χ0v) is 20.3. The van der Waals surface area contributed by atoms with E-state index in [1.54, 1.807) is 6.20 Å². The van der Waals surface area contributed by atoms with Crippen molar-refractivity contribution in [3.63, 3.8) is 0 Å². The normalized spacial score (nSPS) is 17.8. The van der Waals surface area contributed by atoms with Crippen molar-refractivity contribution in [3.05, 3.63) is 48.3 Å². The highest BCUT2D eigenvalue weighted by atomic mass is 16.5. The number of aryl methyl sites for hydroxylation is 1. The smallest absolute Gasteiger partial charge is 0.257 e. The van der Waals surface area contributed by atoms with Crippen LogP contribution in [0, 0.1) is 5.92 Å². The Morgan fingerprint density at radius 2 is 1.97 bits per heavy atom. The lowest BCUT2D eigenvalue weighted by molar-refractivity contribution is -0.135. The van der Waals surface area contributed by atoms with Crippen LogP contribution in [0.5, 0.6) is 5.75 Å². The minimum Gasteiger partial charge on any atom is -0.491 e. The van der Waals surface area contributed by atoms with E-state index in [0.717, 1.165) is 32.2 Å². The molecule has 7 nitrogen and oxygen atoms in total. The molecule has 0 bridgehead atoms. The van der Waals surface area contributed by atoms with Crippen molar-refractivity contribution in [1.82, 2.24) is 19.6 Å². The minimum absolute atomic E-state index is 0.0145. The van der Waals surface area contributed by atoms with E-state index in [9.17, 15) is 9.59 Å². The topological polar surface area (TPSA) is 67.7 Å². The van der Waals surface area contributed by atoms with Crippen LogP contribution in [0.4, 0.5) is 0 Å². The van der Waals surface area contributed by atoms with Gasteiger partial charge in [0.25, 0.3) is 5.91 Å². The van der Waals surface area contributed by atoms with Gasteiger partial charge >= 0.3 is 0 Å². The SMILES string of the molecule is CCN1CCCCN(C(=O)CCCn2cccn2)[C@@H](CC(C)C)COc2ccccc2C1=O. The first kappa shape index (κ1) is 24.8. The monoisotopic (exact) mass is 454 g/mol. The highest BCUT2D eigenvalue weighted by molar-refractivity contribution is 5.96. The second-order valence-electron chi connectivity index (χ2n) is 9.14. The Morgan fingerprint density at radius 3 is 2.70 bits per heavy atom. The predicted octanol–water partition coefficient (Wildman–Crippen LogP) is 4.24. The molecule has 1 aliphatic rings. The van der Waals surface area contributed by atoms with E-state index in [-0.39, 0.29) is 17.9 Å². The van der Waals surface area contributed by atoms with Crippen LogP contribution in [0.2, 0.25) is 0 Å². The molecule has 1 atom stereocenters. The molecule has 0 fully saturated rings. The number of benzene rings is 1. The first-order valence-electron chi connectivity index (χ1n) is 12.3. The van der Waals surface area contributed by atoms with Gasteiger partial charge in [-0.1, -0.05) is 26.0 Å². The van der Waals surface area contributed by atoms with Crippen LogP contribution >= 0.6 is 0 Å². The van der Waals surface area contributed by atoms with E-state index in [1.165, 1.54) is 0 Å². The number of amides is 2. The summed E-state index contributed by atoms with van der Waals surface area (Å²) in [7, 11) is 0. The maximum Gasteiger partial charge on any atom is 0.257 e. The maximum absolute atomic E-state index is 13.3. The Hall–Kier alpha value is -2.83. The molecule has 0 saturated carbocycles. The van der Waals surface area contributed by atoms with Gasteiger partial charge in [0, 0.05) is 45.0 Å². The van der Waals surface area contributed by atoms with Gasteiger partial charge in [0.15, 0.2) is 0 Å². The summed E-state index contributed by atoms with van der Waals surface area (Å²) in [4.78, 5) is 30.3. The molecule has 33 heavy (non-hydrogen) atoms. The number of nitrogens with zero attached hydrogens (tertiary/aromatic N) is 4. The molecule has 1 aliphatic heterocycles. The summed E-state index contributed by atoms with van der Waals surface area (Å²) >= 11 is 0. The third kappa shape index (κ3) is 7.07. The number of aromatic nitrogens is 2. The fourth-order valence-corrected chi connectivity index (χ4v) is 4.42. The minimum atomic E-state index is -0.0212. The number of carbonyl (C=O) groups is 2. The fourth-order valence-electron chi connectivity index (χ4n) is 4.42. The van der Waals surface area contributed by atoms with Gasteiger partial charge in [-0.15, -0.1) is 0 Å². The van der Waals surface area contributed by atoms with Crippen LogP contribution in [0.3, 0.4) is 0 Å². The van der Waals surface area contributed by atoms with Crippen LogP contribution in [-0.2, 0) is 11.3 Å². The standard InChI is InChI=1S/C26H38N4O3/c1-4-28-15-7-8-18-30(25(31)13-9-16-29-17-10-14-27-29)22(19-21(2)3)20-33-24-12-6-5-11-23(24)26(28)32/h5-6,10-12,14,17,21-22H,4,7-9,13,15-16,18-20H2,1-3H3/t22-/m0/s1. The molecule has 2 aromatic rings. The van der Waals surface area contributed by atoms with E-state index in [2.05, 4.69) is 18.9 Å². The molecule has 2 amide bonds. The van der Waals surface area contributed by atoms with Crippen molar-refractivity contribution in [2.45, 2.75) is 65.5 Å². The van der Waals surface area contributed by atoms with Gasteiger partial charge < -0.3 is 14.5 Å². The quantitative estimate of drug-likeness (QED) is 0.628. The van der Waals surface area contributed by atoms with Gasteiger partial charge in [0.2, 0.25) is 5.91 Å². The molecule has 0 unspecified atom stereocenters. The summed E-state index contributed by atoms with van der Waals surface area (Å²) in [5.74, 6) is 1.21. The zero-order chi connectivity index (χ0) is 23.6. The van der Waals surface area contributed by atoms with Crippen molar-refractivity contribution in [1.29, 1.82) is 0 Å². The third-order valence-electron chi connectivity index (χ3n) is 6.14. The molecule has 0 spiro atoms. The number of ether oxygens (including phenoxy) is 1. The van der Waals surface area contributed by atoms with E-state index in [4.69, 9.17) is 4.74 Å². The van der Waals surface area contributed by atoms with Crippen molar-refractivity contribution in [2.75, 3.05) is 26.2 Å². The molecule has 7 heteroatoms. The van der Waals surface area contributed by atoms with Gasteiger partial charge in [-0.05, 0) is 56.7 Å². The lowest BCUT2D eigenvalue weighted by atomic mass is 10.0. The summed E-state index contributed by atoms with van der Waals surface area (Å²) < 4.78 is 8.09. The van der Waals surface area contributed by atoms with E-state index < -0.39 is 0 Å². The van der Waals surface area contributed by atoms with Crippen LogP contribution in [0.1, 0.15) is 63.2 Å². The molecule has 0 saturated heterocycles. The molecule has 1 aromatic carbocycles. The number of rotatable bonds is 7. The molecule has 180 valence electrons. The number of fused-ring (bicyclic) bond motifs is 1. The Labute approximate surface area is 197 Å². The number of para-hydroxylation sites is 1. The molecule has 0 aliphatic carbocycles. The van der Waals surface area contributed by atoms with Gasteiger partial charge in [0.05, 0.1) is 11.6 Å². The van der Waals surface area contributed by atoms with Crippen molar-refractivity contribution < 1.29 is 14.3 Å². The lowest BCUT2D eigenvalue weighted by Gasteiger charge is -2.34. The predicted molar refractivity (Wildman–Crippen MR) is 129 cm³/mol. The summed E-state index contributed by atoms with van der Waals surface area (Å²) in [5, 5.41) is 4.23. The third-order valence-corrected chi connectivity index (χ3v) is 6.14. The zero-order valence-electron chi connectivity index (χ0n) is 20.3. The second kappa shape index (κ2) is 12.4. The van der Waals surface area contributed by atoms with Gasteiger partial charge in [0.1, 0.15) is 12.4 Å². The summed E-state index contributed by atoms with van der Waals surface area (Å²) in [6.07, 6.45) is 7.53. The largest absolute Gasteiger partial charge is 0.491 e. The first-order valence-corrected chi connectivity index (χ1v) is 12.3. The van der Waals surface area contributed by atoms with Crippen LogP contribution < -0.4 is 4.74 Å². The Kier molecular flexibility index (Phi) is 9.34. The molecular formula is C26H38N4O3. The van der Waals surface area contributed by atoms with E-state index in [0.29, 0.717) is 49.9 Å². The number of carbonyl (C=O) groups excluding carboxylic acids is 2. The number of hydrogen-bond donors (Lipinski definition) is 0. The van der Waals surface area contributed by atoms with Crippen LogP contribution in [0.25, 0.3) is 0 Å². The molecule has 1 aromatic heterocycles. The highest BCUT2D eigenvalue weighted by Gasteiger charge is 2.27. The van der Waals surface area contributed by atoms with Gasteiger partial charge in [-0.3, -0.25) is 14.3 Å². The molecule has 3 rings (SSSR count). The van der Waals surface area contributed by atoms with Gasteiger partial charge in [-0.2, -0.15) is 5.10 Å². The van der Waals surface area contributed by atoms with Crippen molar-refractivity contribution in [2.24, 2.45) is 5.92 Å². The lowest BCUT2D eigenvalue weighted by Crippen LogP contribution is -2.45. The first-order chi connectivity index (χ1) is 16.0. The molecule has 2 heterocycles. The Balaban J connectivity index is 1.78. The summed E-state index contributed by atoms with van der Waals surface area (Å²) in [5.41, 5.74) is 0.598. The average molecular weight is 455 g/mol. The van der Waals surface area contributed by atoms with Gasteiger partial charge in [-0.25, -0.2) is 0 Å². The van der Waals surface area contributed by atoms with Crippen molar-refractivity contribution in [3.8, 4) is 5.75 Å². The second-order valence-corrected chi connectivity index (χ2v) is 9.14. The molecule has 0 N–H and O–H groups in total. The Morgan fingerprint density at radius 1 is 1.18 bits per heavy atom. The van der Waals surface area contributed by atoms with E-state index in [1.807, 2.05) is 57.9 Å². The van der Waals surface area contributed by atoms with Crippen molar-refractivity contribution >= 4 is 11.8 Å². The summed E-state index contributed by atoms with van der Waals surface area (Å²) in [6, 6.07) is 9.34. The van der Waals surface area contributed by atoms with Crippen LogP contribution in [0.15, 0.2) is 42.7 Å². The molecular weight excluding hydrogens is 416 g/mol. The fraction of sp³-hybridized carbons (Fsp3) is 0.577. The maximum atomic E-state index is 13.3. The Bertz CT molecular complexity index is 881. The number of hydrogen-bond acceptors (Lipinski definition) is 4. The van der Waals surface area contributed by atoms with Crippen LogP contribution in [-0.4, -0.2) is 63.7 Å². The molecule has 0 radical (unpaired) electrons. The average Bonchev–Trinajstić information content (AvgIpc) is 3.32.